The highest BCUT2D eigenvalue weighted by Crippen LogP contribution is 2.28. The Bertz CT molecular complexity index is 505. The average molecular weight is 332 g/mol. The molecule has 0 amide bonds. The molecule has 24 heavy (non-hydrogen) atoms. The summed E-state index contributed by atoms with van der Waals surface area (Å²) in [5, 5.41) is 14.2. The van der Waals surface area contributed by atoms with E-state index in [0.29, 0.717) is 6.54 Å². The molecule has 2 aliphatic rings. The third-order valence-electron chi connectivity index (χ3n) is 5.71. The maximum Gasteiger partial charge on any atom is 0.0771 e. The quantitative estimate of drug-likeness (QED) is 0.840. The monoisotopic (exact) mass is 331 g/mol. The Kier molecular flexibility index (Phi) is 6.14. The molecule has 0 unspecified atom stereocenters. The van der Waals surface area contributed by atoms with Gasteiger partial charge in [-0.1, -0.05) is 44.4 Å². The molecule has 2 N–H and O–H groups in total. The molecule has 134 valence electrons. The van der Waals surface area contributed by atoms with Crippen LogP contribution in [0.15, 0.2) is 24.3 Å². The fourth-order valence-electron chi connectivity index (χ4n) is 4.09. The molecule has 2 fully saturated rings. The summed E-state index contributed by atoms with van der Waals surface area (Å²) in [6.07, 6.45) is 5.49. The number of likely N-dealkylation sites (N-methyl/N-ethyl adjacent to an activating group) is 1. The van der Waals surface area contributed by atoms with Crippen molar-refractivity contribution in [2.24, 2.45) is 0 Å². The number of hydrogen-bond acceptors (Lipinski definition) is 4. The molecule has 0 spiro atoms. The van der Waals surface area contributed by atoms with Gasteiger partial charge < -0.3 is 20.2 Å². The second kappa shape index (κ2) is 8.32. The minimum absolute atomic E-state index is 0.486. The van der Waals surface area contributed by atoms with E-state index < -0.39 is 5.60 Å². The first kappa shape index (κ1) is 17.7. The summed E-state index contributed by atoms with van der Waals surface area (Å²) in [7, 11) is 0. The van der Waals surface area contributed by atoms with Gasteiger partial charge in [0.2, 0.25) is 0 Å². The van der Waals surface area contributed by atoms with Gasteiger partial charge in [-0.3, -0.25) is 0 Å². The molecule has 0 radical (unpaired) electrons. The maximum atomic E-state index is 10.6. The molecule has 1 saturated carbocycles. The number of benzene rings is 1. The van der Waals surface area contributed by atoms with Crippen molar-refractivity contribution < 1.29 is 5.11 Å². The fourth-order valence-corrected chi connectivity index (χ4v) is 4.09. The van der Waals surface area contributed by atoms with E-state index in [9.17, 15) is 5.11 Å². The lowest BCUT2D eigenvalue weighted by atomic mass is 9.85. The van der Waals surface area contributed by atoms with E-state index in [-0.39, 0.29) is 0 Å². The molecule has 0 atom stereocenters. The molecule has 0 aromatic heterocycles. The number of nitrogens with one attached hydrogen (secondary N) is 1. The van der Waals surface area contributed by atoms with Crippen LogP contribution < -0.4 is 10.2 Å². The van der Waals surface area contributed by atoms with E-state index in [1.165, 1.54) is 17.7 Å². The van der Waals surface area contributed by atoms with Gasteiger partial charge in [0.05, 0.1) is 5.60 Å². The first-order valence-corrected chi connectivity index (χ1v) is 9.68. The first-order chi connectivity index (χ1) is 11.7. The van der Waals surface area contributed by atoms with Gasteiger partial charge in [0.15, 0.2) is 0 Å². The zero-order chi connectivity index (χ0) is 16.8. The second-order valence-electron chi connectivity index (χ2n) is 7.44. The van der Waals surface area contributed by atoms with Crippen LogP contribution in [0.5, 0.6) is 0 Å². The van der Waals surface area contributed by atoms with Crippen molar-refractivity contribution in [3.05, 3.63) is 29.8 Å². The smallest absolute Gasteiger partial charge is 0.0771 e. The van der Waals surface area contributed by atoms with Gasteiger partial charge in [0.1, 0.15) is 0 Å². The van der Waals surface area contributed by atoms with E-state index in [0.717, 1.165) is 65.0 Å². The Morgan fingerprint density at radius 1 is 1.04 bits per heavy atom. The van der Waals surface area contributed by atoms with Crippen molar-refractivity contribution in [2.45, 2.75) is 51.2 Å². The van der Waals surface area contributed by atoms with Gasteiger partial charge in [-0.05, 0) is 31.0 Å². The number of hydrogen-bond donors (Lipinski definition) is 2. The van der Waals surface area contributed by atoms with Gasteiger partial charge in [-0.15, -0.1) is 0 Å². The number of anilines is 1. The number of para-hydroxylation sites is 1. The summed E-state index contributed by atoms with van der Waals surface area (Å²) in [5.74, 6) is 0. The number of rotatable bonds is 6. The van der Waals surface area contributed by atoms with Crippen LogP contribution in [-0.4, -0.2) is 54.9 Å². The summed E-state index contributed by atoms with van der Waals surface area (Å²) < 4.78 is 0. The van der Waals surface area contributed by atoms with Gasteiger partial charge in [-0.25, -0.2) is 0 Å². The summed E-state index contributed by atoms with van der Waals surface area (Å²) >= 11 is 0. The van der Waals surface area contributed by atoms with Crippen molar-refractivity contribution >= 4 is 5.69 Å². The Labute approximate surface area is 146 Å². The zero-order valence-electron chi connectivity index (χ0n) is 15.1. The summed E-state index contributed by atoms with van der Waals surface area (Å²) in [4.78, 5) is 5.02. The molecule has 1 aliphatic carbocycles. The molecule has 3 rings (SSSR count). The Morgan fingerprint density at radius 2 is 1.75 bits per heavy atom. The molecule has 1 heterocycles. The topological polar surface area (TPSA) is 38.7 Å². The molecule has 1 aromatic rings. The van der Waals surface area contributed by atoms with E-state index in [4.69, 9.17) is 0 Å². The predicted octanol–water partition coefficient (Wildman–Crippen LogP) is 2.61. The summed E-state index contributed by atoms with van der Waals surface area (Å²) in [6.45, 7) is 9.45. The van der Waals surface area contributed by atoms with Crippen LogP contribution in [0.25, 0.3) is 0 Å². The molecule has 1 saturated heterocycles. The minimum Gasteiger partial charge on any atom is -0.389 e. The summed E-state index contributed by atoms with van der Waals surface area (Å²) in [6, 6.07) is 8.73. The number of nitrogens with zero attached hydrogens (tertiary/aromatic N) is 2. The van der Waals surface area contributed by atoms with Gasteiger partial charge in [-0.2, -0.15) is 0 Å². The van der Waals surface area contributed by atoms with Gasteiger partial charge >= 0.3 is 0 Å². The molecule has 0 bridgehead atoms. The summed E-state index contributed by atoms with van der Waals surface area (Å²) in [5.41, 5.74) is 2.22. The lowest BCUT2D eigenvalue weighted by Gasteiger charge is -2.37. The maximum absolute atomic E-state index is 10.6. The highest BCUT2D eigenvalue weighted by atomic mass is 16.3. The van der Waals surface area contributed by atoms with Crippen molar-refractivity contribution in [3.8, 4) is 0 Å². The van der Waals surface area contributed by atoms with Crippen LogP contribution in [0.1, 0.15) is 44.6 Å². The molecule has 1 aromatic carbocycles. The fraction of sp³-hybridized carbons (Fsp3) is 0.700. The predicted molar refractivity (Wildman–Crippen MR) is 101 cm³/mol. The van der Waals surface area contributed by atoms with Crippen LogP contribution in [0.3, 0.4) is 0 Å². The highest BCUT2D eigenvalue weighted by molar-refractivity contribution is 5.54. The van der Waals surface area contributed by atoms with E-state index in [1.54, 1.807) is 0 Å². The van der Waals surface area contributed by atoms with E-state index in [2.05, 4.69) is 46.3 Å². The van der Waals surface area contributed by atoms with Gasteiger partial charge in [0, 0.05) is 45.0 Å². The number of piperazine rings is 1. The lowest BCUT2D eigenvalue weighted by Crippen LogP contribution is -2.46. The third kappa shape index (κ3) is 4.50. The van der Waals surface area contributed by atoms with Crippen LogP contribution in [-0.2, 0) is 6.54 Å². The standard InChI is InChI=1S/C20H33N3O/c1-2-22-12-14-23(15-13-22)19-9-5-4-8-18(19)16-21-17-20(24)10-6-3-7-11-20/h4-5,8-9,21,24H,2-3,6-7,10-17H2,1H3. The van der Waals surface area contributed by atoms with Crippen LogP contribution in [0.2, 0.25) is 0 Å². The van der Waals surface area contributed by atoms with Crippen LogP contribution >= 0.6 is 0 Å². The largest absolute Gasteiger partial charge is 0.389 e. The Morgan fingerprint density at radius 3 is 2.46 bits per heavy atom. The molecular weight excluding hydrogens is 298 g/mol. The van der Waals surface area contributed by atoms with Crippen molar-refractivity contribution in [1.82, 2.24) is 10.2 Å². The SMILES string of the molecule is CCN1CCN(c2ccccc2CNCC2(O)CCCCC2)CC1. The van der Waals surface area contributed by atoms with Crippen molar-refractivity contribution in [3.63, 3.8) is 0 Å². The zero-order valence-corrected chi connectivity index (χ0v) is 15.1. The molecular formula is C20H33N3O. The number of aliphatic hydroxyl groups is 1. The molecule has 4 heteroatoms. The lowest BCUT2D eigenvalue weighted by molar-refractivity contribution is 0.00468. The second-order valence-corrected chi connectivity index (χ2v) is 7.44. The Hall–Kier alpha value is -1.10. The average Bonchev–Trinajstić information content (AvgIpc) is 2.63. The van der Waals surface area contributed by atoms with E-state index >= 15 is 0 Å². The molecule has 1 aliphatic heterocycles. The van der Waals surface area contributed by atoms with Crippen LogP contribution in [0.4, 0.5) is 5.69 Å². The minimum atomic E-state index is -0.486. The molecule has 4 nitrogen and oxygen atoms in total. The van der Waals surface area contributed by atoms with E-state index in [1.807, 2.05) is 0 Å². The highest BCUT2D eigenvalue weighted by Gasteiger charge is 2.28. The van der Waals surface area contributed by atoms with Crippen LogP contribution in [0, 0.1) is 0 Å². The van der Waals surface area contributed by atoms with Crippen molar-refractivity contribution in [2.75, 3.05) is 44.2 Å². The normalized spacial score (nSPS) is 21.8. The van der Waals surface area contributed by atoms with Gasteiger partial charge in [0.25, 0.3) is 0 Å². The third-order valence-corrected chi connectivity index (χ3v) is 5.71. The first-order valence-electron chi connectivity index (χ1n) is 9.68. The Balaban J connectivity index is 1.56. The van der Waals surface area contributed by atoms with Crippen molar-refractivity contribution in [1.29, 1.82) is 0 Å².